The van der Waals surface area contributed by atoms with Crippen molar-refractivity contribution in [2.75, 3.05) is 20.6 Å². The fourth-order valence-electron chi connectivity index (χ4n) is 1.50. The molecule has 0 aliphatic rings. The van der Waals surface area contributed by atoms with Gasteiger partial charge in [-0.15, -0.1) is 6.42 Å². The van der Waals surface area contributed by atoms with Crippen LogP contribution in [0.4, 0.5) is 0 Å². The minimum atomic E-state index is 0.465. The van der Waals surface area contributed by atoms with E-state index in [9.17, 15) is 0 Å². The Morgan fingerprint density at radius 1 is 1.59 bits per heavy atom. The van der Waals surface area contributed by atoms with E-state index >= 15 is 0 Å². The van der Waals surface area contributed by atoms with Gasteiger partial charge in [0.2, 0.25) is 0 Å². The van der Waals surface area contributed by atoms with Gasteiger partial charge in [-0.3, -0.25) is 4.99 Å². The van der Waals surface area contributed by atoms with Crippen molar-refractivity contribution in [3.63, 3.8) is 0 Å². The molecule has 0 aliphatic carbocycles. The van der Waals surface area contributed by atoms with Gasteiger partial charge >= 0.3 is 0 Å². The lowest BCUT2D eigenvalue weighted by atomic mass is 10.2. The van der Waals surface area contributed by atoms with Crippen molar-refractivity contribution < 1.29 is 0 Å². The summed E-state index contributed by atoms with van der Waals surface area (Å²) in [5.74, 6) is 3.29. The lowest BCUT2D eigenvalue weighted by molar-refractivity contribution is 0.481. The zero-order valence-corrected chi connectivity index (χ0v) is 10.8. The van der Waals surface area contributed by atoms with E-state index < -0.39 is 0 Å². The van der Waals surface area contributed by atoms with Crippen LogP contribution in [-0.2, 0) is 6.54 Å². The monoisotopic (exact) mass is 249 g/mol. The molecule has 17 heavy (non-hydrogen) atoms. The minimum absolute atomic E-state index is 0.465. The van der Waals surface area contributed by atoms with Gasteiger partial charge in [0, 0.05) is 25.7 Å². The van der Waals surface area contributed by atoms with E-state index in [0.717, 1.165) is 23.1 Å². The molecular formula is C13H16ClN3. The van der Waals surface area contributed by atoms with Crippen LogP contribution in [0.15, 0.2) is 29.3 Å². The van der Waals surface area contributed by atoms with E-state index in [0.29, 0.717) is 6.54 Å². The van der Waals surface area contributed by atoms with Crippen LogP contribution in [-0.4, -0.2) is 31.5 Å². The molecule has 0 spiro atoms. The third-order valence-corrected chi connectivity index (χ3v) is 2.47. The topological polar surface area (TPSA) is 27.6 Å². The molecule has 0 saturated heterocycles. The second kappa shape index (κ2) is 6.82. The summed E-state index contributed by atoms with van der Waals surface area (Å²) in [6, 6.07) is 7.75. The zero-order valence-electron chi connectivity index (χ0n) is 10.1. The molecule has 0 atom stereocenters. The normalized spacial score (nSPS) is 10.8. The molecule has 0 saturated carbocycles. The molecule has 1 aromatic carbocycles. The van der Waals surface area contributed by atoms with E-state index in [-0.39, 0.29) is 0 Å². The number of rotatable bonds is 3. The molecule has 0 fully saturated rings. The van der Waals surface area contributed by atoms with Gasteiger partial charge < -0.3 is 10.2 Å². The highest BCUT2D eigenvalue weighted by Gasteiger charge is 2.05. The summed E-state index contributed by atoms with van der Waals surface area (Å²) < 4.78 is 0. The Kier molecular flexibility index (Phi) is 5.38. The van der Waals surface area contributed by atoms with E-state index in [1.807, 2.05) is 36.2 Å². The maximum atomic E-state index is 5.93. The Morgan fingerprint density at radius 3 is 2.94 bits per heavy atom. The van der Waals surface area contributed by atoms with Crippen molar-refractivity contribution in [2.24, 2.45) is 4.99 Å². The van der Waals surface area contributed by atoms with E-state index in [1.54, 1.807) is 7.05 Å². The summed E-state index contributed by atoms with van der Waals surface area (Å²) in [7, 11) is 3.68. The van der Waals surface area contributed by atoms with Gasteiger partial charge in [-0.25, -0.2) is 0 Å². The number of nitrogens with zero attached hydrogens (tertiary/aromatic N) is 2. The molecule has 0 amide bonds. The summed E-state index contributed by atoms with van der Waals surface area (Å²) >= 11 is 5.93. The van der Waals surface area contributed by atoms with Gasteiger partial charge in [0.1, 0.15) is 0 Å². The summed E-state index contributed by atoms with van der Waals surface area (Å²) in [4.78, 5) is 6.14. The second-order valence-electron chi connectivity index (χ2n) is 3.59. The van der Waals surface area contributed by atoms with Crippen LogP contribution < -0.4 is 5.32 Å². The Bertz CT molecular complexity index is 435. The predicted octanol–water partition coefficient (Wildman–Crippen LogP) is 1.98. The average Bonchev–Trinajstić information content (AvgIpc) is 2.30. The van der Waals surface area contributed by atoms with E-state index in [4.69, 9.17) is 18.0 Å². The fourth-order valence-corrected chi connectivity index (χ4v) is 1.71. The van der Waals surface area contributed by atoms with Crippen molar-refractivity contribution in [1.29, 1.82) is 0 Å². The molecular weight excluding hydrogens is 234 g/mol. The quantitative estimate of drug-likeness (QED) is 0.504. The molecule has 1 rings (SSSR count). The molecule has 0 heterocycles. The molecule has 0 aromatic heterocycles. The maximum absolute atomic E-state index is 5.93. The van der Waals surface area contributed by atoms with Crippen LogP contribution in [0.1, 0.15) is 5.56 Å². The Hall–Kier alpha value is -1.66. The molecule has 4 heteroatoms. The van der Waals surface area contributed by atoms with Crippen LogP contribution in [0, 0.1) is 12.3 Å². The van der Waals surface area contributed by atoms with E-state index in [2.05, 4.69) is 16.2 Å². The van der Waals surface area contributed by atoms with Crippen molar-refractivity contribution in [2.45, 2.75) is 6.54 Å². The highest BCUT2D eigenvalue weighted by Crippen LogP contribution is 2.12. The van der Waals surface area contributed by atoms with Crippen molar-refractivity contribution in [3.05, 3.63) is 34.9 Å². The van der Waals surface area contributed by atoms with Gasteiger partial charge in [-0.1, -0.05) is 29.7 Å². The number of hydrogen-bond acceptors (Lipinski definition) is 1. The first-order valence-electron chi connectivity index (χ1n) is 5.27. The molecule has 0 unspecified atom stereocenters. The number of nitrogens with one attached hydrogen (secondary N) is 1. The minimum Gasteiger partial charge on any atom is -0.345 e. The van der Waals surface area contributed by atoms with Crippen LogP contribution in [0.3, 0.4) is 0 Å². The van der Waals surface area contributed by atoms with Crippen LogP contribution in [0.5, 0.6) is 0 Å². The van der Waals surface area contributed by atoms with Crippen molar-refractivity contribution >= 4 is 17.6 Å². The largest absolute Gasteiger partial charge is 0.345 e. The lowest BCUT2D eigenvalue weighted by Gasteiger charge is -2.21. The van der Waals surface area contributed by atoms with Crippen LogP contribution in [0.25, 0.3) is 0 Å². The van der Waals surface area contributed by atoms with Gasteiger partial charge in [-0.05, 0) is 17.7 Å². The second-order valence-corrected chi connectivity index (χ2v) is 4.03. The fraction of sp³-hybridized carbons (Fsp3) is 0.308. The number of terminal acetylenes is 1. The van der Waals surface area contributed by atoms with Crippen LogP contribution >= 0.6 is 11.6 Å². The maximum Gasteiger partial charge on any atom is 0.194 e. The molecule has 90 valence electrons. The predicted molar refractivity (Wildman–Crippen MR) is 73.1 cm³/mol. The number of halogens is 1. The Morgan fingerprint density at radius 2 is 2.35 bits per heavy atom. The summed E-state index contributed by atoms with van der Waals surface area (Å²) in [5.41, 5.74) is 1.13. The molecule has 0 bridgehead atoms. The molecule has 0 aliphatic heterocycles. The first-order valence-corrected chi connectivity index (χ1v) is 5.65. The van der Waals surface area contributed by atoms with E-state index in [1.165, 1.54) is 0 Å². The smallest absolute Gasteiger partial charge is 0.194 e. The zero-order chi connectivity index (χ0) is 12.7. The van der Waals surface area contributed by atoms with Gasteiger partial charge in [0.15, 0.2) is 5.96 Å². The molecule has 1 aromatic rings. The molecule has 3 nitrogen and oxygen atoms in total. The molecule has 0 radical (unpaired) electrons. The van der Waals surface area contributed by atoms with Gasteiger partial charge in [0.05, 0.1) is 6.54 Å². The summed E-state index contributed by atoms with van der Waals surface area (Å²) in [5, 5.41) is 3.80. The first kappa shape index (κ1) is 13.4. The van der Waals surface area contributed by atoms with Crippen LogP contribution in [0.2, 0.25) is 5.02 Å². The number of hydrogen-bond donors (Lipinski definition) is 1. The third kappa shape index (κ3) is 4.38. The number of benzene rings is 1. The van der Waals surface area contributed by atoms with Crippen molar-refractivity contribution in [1.82, 2.24) is 10.2 Å². The lowest BCUT2D eigenvalue weighted by Crippen LogP contribution is -2.38. The van der Waals surface area contributed by atoms with Gasteiger partial charge in [0.25, 0.3) is 0 Å². The third-order valence-electron chi connectivity index (χ3n) is 2.23. The van der Waals surface area contributed by atoms with Crippen molar-refractivity contribution in [3.8, 4) is 12.3 Å². The summed E-state index contributed by atoms with van der Waals surface area (Å²) in [6.07, 6.45) is 5.20. The SMILES string of the molecule is C#CCNC(=NC)N(C)Cc1cccc(Cl)c1. The van der Waals surface area contributed by atoms with Gasteiger partial charge in [-0.2, -0.15) is 0 Å². The standard InChI is InChI=1S/C13H16ClN3/c1-4-8-16-13(15-2)17(3)10-11-6-5-7-12(14)9-11/h1,5-7,9H,8,10H2,2-3H3,(H,15,16). The Labute approximate surface area is 107 Å². The first-order chi connectivity index (χ1) is 8.17. The molecule has 1 N–H and O–H groups in total. The number of aliphatic imine (C=N–C) groups is 1. The highest BCUT2D eigenvalue weighted by molar-refractivity contribution is 6.30. The highest BCUT2D eigenvalue weighted by atomic mass is 35.5. The Balaban J connectivity index is 2.65. The summed E-state index contributed by atoms with van der Waals surface area (Å²) in [6.45, 7) is 1.19. The average molecular weight is 250 g/mol. The number of guanidine groups is 1.